The van der Waals surface area contributed by atoms with Gasteiger partial charge >= 0.3 is 0 Å². The molecule has 1 aliphatic carbocycles. The summed E-state index contributed by atoms with van der Waals surface area (Å²) in [5.74, 6) is 0. The van der Waals surface area contributed by atoms with Crippen LogP contribution in [0.5, 0.6) is 0 Å². The van der Waals surface area contributed by atoms with E-state index in [2.05, 4.69) is 12.2 Å². The lowest BCUT2D eigenvalue weighted by Gasteiger charge is -2.15. The molecule has 1 saturated carbocycles. The Bertz CT molecular complexity index is 548. The molecule has 1 aromatic rings. The molecule has 0 unspecified atom stereocenters. The number of hydrogen-bond acceptors (Lipinski definition) is 4. The van der Waals surface area contributed by atoms with Crippen molar-refractivity contribution in [1.29, 1.82) is 0 Å². The predicted molar refractivity (Wildman–Crippen MR) is 83.6 cm³/mol. The molecule has 4 nitrogen and oxygen atoms in total. The van der Waals surface area contributed by atoms with Gasteiger partial charge in [0.2, 0.25) is 0 Å². The van der Waals surface area contributed by atoms with Crippen LogP contribution in [0.15, 0.2) is 10.3 Å². The molecular formula is C14H24N2O2S2. The SMILES string of the molecule is CCCCN(C)S(=O)(=O)c1cc(C)c(CNC2CC2)s1. The van der Waals surface area contributed by atoms with Gasteiger partial charge in [-0.15, -0.1) is 11.3 Å². The molecule has 0 aliphatic heterocycles. The van der Waals surface area contributed by atoms with Crippen LogP contribution in [0.3, 0.4) is 0 Å². The fraction of sp³-hybridized carbons (Fsp3) is 0.714. The zero-order chi connectivity index (χ0) is 14.8. The number of aryl methyl sites for hydroxylation is 1. The zero-order valence-corrected chi connectivity index (χ0v) is 14.1. The molecular weight excluding hydrogens is 292 g/mol. The van der Waals surface area contributed by atoms with E-state index in [1.54, 1.807) is 7.05 Å². The summed E-state index contributed by atoms with van der Waals surface area (Å²) in [4.78, 5) is 1.14. The highest BCUT2D eigenvalue weighted by Gasteiger charge is 2.25. The molecule has 1 N–H and O–H groups in total. The van der Waals surface area contributed by atoms with Gasteiger partial charge in [0.05, 0.1) is 0 Å². The van der Waals surface area contributed by atoms with Crippen molar-refractivity contribution in [2.24, 2.45) is 0 Å². The normalized spacial score (nSPS) is 16.0. The highest BCUT2D eigenvalue weighted by molar-refractivity contribution is 7.91. The van der Waals surface area contributed by atoms with E-state index < -0.39 is 10.0 Å². The second kappa shape index (κ2) is 6.56. The average Bonchev–Trinajstić information content (AvgIpc) is 3.16. The number of unbranched alkanes of at least 4 members (excludes halogenated alkanes) is 1. The van der Waals surface area contributed by atoms with Gasteiger partial charge in [0.25, 0.3) is 10.0 Å². The molecule has 0 bridgehead atoms. The number of thiophene rings is 1. The summed E-state index contributed by atoms with van der Waals surface area (Å²) in [5.41, 5.74) is 1.07. The summed E-state index contributed by atoms with van der Waals surface area (Å²) in [6.07, 6.45) is 4.39. The van der Waals surface area contributed by atoms with Crippen molar-refractivity contribution < 1.29 is 8.42 Å². The van der Waals surface area contributed by atoms with Crippen LogP contribution in [0.2, 0.25) is 0 Å². The van der Waals surface area contributed by atoms with Crippen molar-refractivity contribution in [3.8, 4) is 0 Å². The second-order valence-electron chi connectivity index (χ2n) is 5.51. The van der Waals surface area contributed by atoms with Crippen LogP contribution >= 0.6 is 11.3 Å². The van der Waals surface area contributed by atoms with Crippen molar-refractivity contribution in [3.05, 3.63) is 16.5 Å². The lowest BCUT2D eigenvalue weighted by molar-refractivity contribution is 0.461. The van der Waals surface area contributed by atoms with Gasteiger partial charge in [-0.2, -0.15) is 0 Å². The lowest BCUT2D eigenvalue weighted by Crippen LogP contribution is -2.27. The standard InChI is InChI=1S/C14H24N2O2S2/c1-4-5-8-16(3)20(17,18)14-9-11(2)13(19-14)10-15-12-6-7-12/h9,12,15H,4-8,10H2,1-3H3. The molecule has 0 aromatic carbocycles. The average molecular weight is 316 g/mol. The molecule has 6 heteroatoms. The van der Waals surface area contributed by atoms with Gasteiger partial charge < -0.3 is 5.32 Å². The van der Waals surface area contributed by atoms with Gasteiger partial charge in [0.1, 0.15) is 4.21 Å². The molecule has 1 heterocycles. The maximum absolute atomic E-state index is 12.5. The van der Waals surface area contributed by atoms with Gasteiger partial charge in [-0.25, -0.2) is 12.7 Å². The fourth-order valence-corrected chi connectivity index (χ4v) is 4.93. The molecule has 0 saturated heterocycles. The minimum Gasteiger partial charge on any atom is -0.309 e. The summed E-state index contributed by atoms with van der Waals surface area (Å²) in [6, 6.07) is 2.45. The number of hydrogen-bond donors (Lipinski definition) is 1. The first kappa shape index (κ1) is 15.9. The van der Waals surface area contributed by atoms with Crippen molar-refractivity contribution in [2.75, 3.05) is 13.6 Å². The van der Waals surface area contributed by atoms with E-state index in [-0.39, 0.29) is 0 Å². The van der Waals surface area contributed by atoms with Gasteiger partial charge in [-0.1, -0.05) is 13.3 Å². The fourth-order valence-electron chi connectivity index (χ4n) is 1.97. The van der Waals surface area contributed by atoms with Crippen LogP contribution in [0.4, 0.5) is 0 Å². The molecule has 20 heavy (non-hydrogen) atoms. The van der Waals surface area contributed by atoms with Crippen LogP contribution in [0, 0.1) is 6.92 Å². The van der Waals surface area contributed by atoms with Crippen molar-refractivity contribution in [2.45, 2.75) is 56.3 Å². The Balaban J connectivity index is 2.08. The minimum atomic E-state index is -3.31. The Morgan fingerprint density at radius 3 is 2.75 bits per heavy atom. The number of rotatable bonds is 8. The topological polar surface area (TPSA) is 49.4 Å². The summed E-state index contributed by atoms with van der Waals surface area (Å²) < 4.78 is 26.9. The Morgan fingerprint density at radius 2 is 2.15 bits per heavy atom. The highest BCUT2D eigenvalue weighted by Crippen LogP contribution is 2.29. The van der Waals surface area contributed by atoms with E-state index in [0.29, 0.717) is 16.8 Å². The Labute approximate surface area is 126 Å². The zero-order valence-electron chi connectivity index (χ0n) is 12.5. The molecule has 0 radical (unpaired) electrons. The Kier molecular flexibility index (Phi) is 5.23. The minimum absolute atomic E-state index is 0.473. The molecule has 1 aromatic heterocycles. The number of sulfonamides is 1. The summed E-state index contributed by atoms with van der Waals surface area (Å²) in [7, 11) is -1.64. The first-order valence-corrected chi connectivity index (χ1v) is 9.50. The van der Waals surface area contributed by atoms with E-state index in [9.17, 15) is 8.42 Å². The van der Waals surface area contributed by atoms with E-state index in [0.717, 1.165) is 29.8 Å². The first-order valence-electron chi connectivity index (χ1n) is 7.24. The lowest BCUT2D eigenvalue weighted by atomic mass is 10.3. The van der Waals surface area contributed by atoms with Crippen LogP contribution in [-0.2, 0) is 16.6 Å². The maximum Gasteiger partial charge on any atom is 0.252 e. The number of nitrogens with one attached hydrogen (secondary N) is 1. The first-order chi connectivity index (χ1) is 9.45. The van der Waals surface area contributed by atoms with E-state index in [4.69, 9.17) is 0 Å². The summed E-state index contributed by atoms with van der Waals surface area (Å²) in [6.45, 7) is 5.43. The van der Waals surface area contributed by atoms with Crippen LogP contribution in [-0.4, -0.2) is 32.4 Å². The molecule has 2 rings (SSSR count). The highest BCUT2D eigenvalue weighted by atomic mass is 32.2. The third-order valence-corrected chi connectivity index (χ3v) is 7.16. The molecule has 0 spiro atoms. The van der Waals surface area contributed by atoms with Gasteiger partial charge in [-0.05, 0) is 37.8 Å². The predicted octanol–water partition coefficient (Wildman–Crippen LogP) is 2.73. The van der Waals surface area contributed by atoms with Gasteiger partial charge in [0, 0.05) is 31.1 Å². The smallest absolute Gasteiger partial charge is 0.252 e. The van der Waals surface area contributed by atoms with E-state index in [1.807, 2.05) is 13.0 Å². The van der Waals surface area contributed by atoms with Crippen molar-refractivity contribution in [3.63, 3.8) is 0 Å². The quantitative estimate of drug-likeness (QED) is 0.802. The third-order valence-electron chi connectivity index (χ3n) is 3.62. The Morgan fingerprint density at radius 1 is 1.45 bits per heavy atom. The van der Waals surface area contributed by atoms with Crippen LogP contribution in [0.1, 0.15) is 43.0 Å². The second-order valence-corrected chi connectivity index (χ2v) is 8.92. The molecule has 0 amide bonds. The summed E-state index contributed by atoms with van der Waals surface area (Å²) >= 11 is 1.41. The molecule has 114 valence electrons. The van der Waals surface area contributed by atoms with Crippen LogP contribution in [0.25, 0.3) is 0 Å². The monoisotopic (exact) mass is 316 g/mol. The van der Waals surface area contributed by atoms with Gasteiger partial charge in [-0.3, -0.25) is 0 Å². The van der Waals surface area contributed by atoms with Crippen molar-refractivity contribution >= 4 is 21.4 Å². The molecule has 1 fully saturated rings. The Hall–Kier alpha value is -0.430. The van der Waals surface area contributed by atoms with Crippen molar-refractivity contribution in [1.82, 2.24) is 9.62 Å². The third kappa shape index (κ3) is 3.81. The van der Waals surface area contributed by atoms with E-state index >= 15 is 0 Å². The molecule has 1 aliphatic rings. The van der Waals surface area contributed by atoms with E-state index in [1.165, 1.54) is 28.5 Å². The number of nitrogens with zero attached hydrogens (tertiary/aromatic N) is 1. The maximum atomic E-state index is 12.5. The van der Waals surface area contributed by atoms with Crippen LogP contribution < -0.4 is 5.32 Å². The summed E-state index contributed by atoms with van der Waals surface area (Å²) in [5, 5.41) is 3.44. The van der Waals surface area contributed by atoms with Gasteiger partial charge in [0.15, 0.2) is 0 Å². The largest absolute Gasteiger partial charge is 0.309 e. The molecule has 0 atom stereocenters.